The number of nitrogens with two attached hydrogens (primary N) is 1. The van der Waals surface area contributed by atoms with Gasteiger partial charge in [0.05, 0.1) is 12.5 Å². The molecule has 1 aromatic carbocycles. The van der Waals surface area contributed by atoms with E-state index in [1.807, 2.05) is 12.1 Å². The van der Waals surface area contributed by atoms with Crippen LogP contribution in [0, 0.1) is 5.92 Å². The number of hydrogen-bond donors (Lipinski definition) is 2. The van der Waals surface area contributed by atoms with Gasteiger partial charge < -0.3 is 20.7 Å². The molecule has 1 aliphatic rings. The zero-order valence-electron chi connectivity index (χ0n) is 12.0. The van der Waals surface area contributed by atoms with Crippen LogP contribution < -0.4 is 16.0 Å². The maximum absolute atomic E-state index is 11.3. The molecular formula is C15H23N3O2. The molecule has 1 fully saturated rings. The van der Waals surface area contributed by atoms with E-state index in [9.17, 15) is 4.79 Å². The molecule has 1 unspecified atom stereocenters. The number of methoxy groups -OCH3 is 1. The molecule has 1 saturated heterocycles. The van der Waals surface area contributed by atoms with Gasteiger partial charge in [-0.25, -0.2) is 0 Å². The number of anilines is 1. The molecule has 0 bridgehead atoms. The van der Waals surface area contributed by atoms with Crippen molar-refractivity contribution >= 4 is 11.6 Å². The Morgan fingerprint density at radius 3 is 3.00 bits per heavy atom. The standard InChI is InChI=1S/C15H23N3O2/c1-20-9-7-17-10-12-4-2-3-5-14(12)18-8-6-13(11-18)15(16)19/h2-5,13,17H,6-11H2,1H3,(H2,16,19). The lowest BCUT2D eigenvalue weighted by Gasteiger charge is -2.22. The highest BCUT2D eigenvalue weighted by molar-refractivity contribution is 5.78. The second-order valence-electron chi connectivity index (χ2n) is 5.13. The zero-order valence-corrected chi connectivity index (χ0v) is 12.0. The van der Waals surface area contributed by atoms with Crippen LogP contribution >= 0.6 is 0 Å². The van der Waals surface area contributed by atoms with E-state index in [-0.39, 0.29) is 11.8 Å². The number of para-hydroxylation sites is 1. The number of hydrogen-bond acceptors (Lipinski definition) is 4. The summed E-state index contributed by atoms with van der Waals surface area (Å²) in [6, 6.07) is 8.30. The van der Waals surface area contributed by atoms with E-state index in [1.165, 1.54) is 11.3 Å². The third-order valence-corrected chi connectivity index (χ3v) is 3.72. The molecule has 5 nitrogen and oxygen atoms in total. The first-order chi connectivity index (χ1) is 9.72. The molecule has 0 spiro atoms. The van der Waals surface area contributed by atoms with Crippen molar-refractivity contribution in [2.24, 2.45) is 11.7 Å². The molecule has 1 aromatic rings. The fourth-order valence-electron chi connectivity index (χ4n) is 2.58. The topological polar surface area (TPSA) is 67.6 Å². The van der Waals surface area contributed by atoms with Crippen LogP contribution in [0.4, 0.5) is 5.69 Å². The van der Waals surface area contributed by atoms with Crippen LogP contribution in [0.3, 0.4) is 0 Å². The highest BCUT2D eigenvalue weighted by Crippen LogP contribution is 2.26. The maximum Gasteiger partial charge on any atom is 0.222 e. The van der Waals surface area contributed by atoms with Crippen molar-refractivity contribution in [3.63, 3.8) is 0 Å². The van der Waals surface area contributed by atoms with Gasteiger partial charge in [-0.2, -0.15) is 0 Å². The minimum absolute atomic E-state index is 0.0236. The lowest BCUT2D eigenvalue weighted by Crippen LogP contribution is -2.28. The average molecular weight is 277 g/mol. The molecule has 1 heterocycles. The first-order valence-electron chi connectivity index (χ1n) is 7.04. The van der Waals surface area contributed by atoms with E-state index >= 15 is 0 Å². The molecule has 3 N–H and O–H groups in total. The number of nitrogens with one attached hydrogen (secondary N) is 1. The molecule has 0 aromatic heterocycles. The van der Waals surface area contributed by atoms with Crippen molar-refractivity contribution in [3.05, 3.63) is 29.8 Å². The number of amides is 1. The Kier molecular flexibility index (Phi) is 5.38. The second kappa shape index (κ2) is 7.26. The third-order valence-electron chi connectivity index (χ3n) is 3.72. The number of benzene rings is 1. The van der Waals surface area contributed by atoms with E-state index < -0.39 is 0 Å². The quantitative estimate of drug-likeness (QED) is 0.721. The first kappa shape index (κ1) is 14.8. The number of carbonyl (C=O) groups excluding carboxylic acids is 1. The molecule has 0 radical (unpaired) electrons. The summed E-state index contributed by atoms with van der Waals surface area (Å²) in [4.78, 5) is 13.5. The largest absolute Gasteiger partial charge is 0.383 e. The van der Waals surface area contributed by atoms with Crippen LogP contribution in [-0.2, 0) is 16.1 Å². The fraction of sp³-hybridized carbons (Fsp3) is 0.533. The number of nitrogens with zero attached hydrogens (tertiary/aromatic N) is 1. The lowest BCUT2D eigenvalue weighted by atomic mass is 10.1. The number of ether oxygens (including phenoxy) is 1. The van der Waals surface area contributed by atoms with Crippen molar-refractivity contribution in [3.8, 4) is 0 Å². The van der Waals surface area contributed by atoms with Crippen LogP contribution in [0.25, 0.3) is 0 Å². The predicted molar refractivity (Wildman–Crippen MR) is 79.5 cm³/mol. The summed E-state index contributed by atoms with van der Waals surface area (Å²) < 4.78 is 5.03. The smallest absolute Gasteiger partial charge is 0.222 e. The molecule has 110 valence electrons. The molecule has 1 amide bonds. The van der Waals surface area contributed by atoms with Gasteiger partial charge in [0.15, 0.2) is 0 Å². The van der Waals surface area contributed by atoms with Crippen molar-refractivity contribution < 1.29 is 9.53 Å². The second-order valence-corrected chi connectivity index (χ2v) is 5.13. The Balaban J connectivity index is 1.99. The first-order valence-corrected chi connectivity index (χ1v) is 7.04. The van der Waals surface area contributed by atoms with Gasteiger partial charge in [-0.05, 0) is 18.1 Å². The van der Waals surface area contributed by atoms with Gasteiger partial charge >= 0.3 is 0 Å². The Morgan fingerprint density at radius 1 is 1.50 bits per heavy atom. The van der Waals surface area contributed by atoms with Crippen LogP contribution in [0.5, 0.6) is 0 Å². The maximum atomic E-state index is 11.3. The van der Waals surface area contributed by atoms with Crippen molar-refractivity contribution in [1.82, 2.24) is 5.32 Å². The summed E-state index contributed by atoms with van der Waals surface area (Å²) in [5.41, 5.74) is 7.84. The predicted octanol–water partition coefficient (Wildman–Crippen LogP) is 0.734. The normalized spacial score (nSPS) is 18.4. The summed E-state index contributed by atoms with van der Waals surface area (Å²) in [5.74, 6) is -0.215. The molecule has 1 atom stereocenters. The molecular weight excluding hydrogens is 254 g/mol. The van der Waals surface area contributed by atoms with Crippen LogP contribution in [0.2, 0.25) is 0 Å². The lowest BCUT2D eigenvalue weighted by molar-refractivity contribution is -0.121. The zero-order chi connectivity index (χ0) is 14.4. The third kappa shape index (κ3) is 3.71. The number of carbonyl (C=O) groups is 1. The molecule has 2 rings (SSSR count). The SMILES string of the molecule is COCCNCc1ccccc1N1CCC(C(N)=O)C1. The minimum Gasteiger partial charge on any atom is -0.383 e. The summed E-state index contributed by atoms with van der Waals surface area (Å²) >= 11 is 0. The summed E-state index contributed by atoms with van der Waals surface area (Å²) in [5, 5.41) is 3.36. The monoisotopic (exact) mass is 277 g/mol. The Labute approximate surface area is 120 Å². The van der Waals surface area contributed by atoms with Gasteiger partial charge in [0.1, 0.15) is 0 Å². The summed E-state index contributed by atoms with van der Waals surface area (Å²) in [6.07, 6.45) is 0.848. The summed E-state index contributed by atoms with van der Waals surface area (Å²) in [6.45, 7) is 3.95. The highest BCUT2D eigenvalue weighted by atomic mass is 16.5. The van der Waals surface area contributed by atoms with Gasteiger partial charge in [-0.15, -0.1) is 0 Å². The average Bonchev–Trinajstić information content (AvgIpc) is 2.94. The van der Waals surface area contributed by atoms with E-state index in [2.05, 4.69) is 22.3 Å². The van der Waals surface area contributed by atoms with Crippen LogP contribution in [0.1, 0.15) is 12.0 Å². The van der Waals surface area contributed by atoms with E-state index in [0.29, 0.717) is 6.61 Å². The molecule has 0 saturated carbocycles. The van der Waals surface area contributed by atoms with Crippen LogP contribution in [-0.4, -0.2) is 39.3 Å². The molecule has 20 heavy (non-hydrogen) atoms. The van der Waals surface area contributed by atoms with Crippen molar-refractivity contribution in [2.45, 2.75) is 13.0 Å². The van der Waals surface area contributed by atoms with Crippen molar-refractivity contribution in [1.29, 1.82) is 0 Å². The van der Waals surface area contributed by atoms with Gasteiger partial charge in [0.25, 0.3) is 0 Å². The Bertz CT molecular complexity index is 450. The van der Waals surface area contributed by atoms with Gasteiger partial charge in [-0.1, -0.05) is 18.2 Å². The van der Waals surface area contributed by atoms with E-state index in [1.54, 1.807) is 7.11 Å². The van der Waals surface area contributed by atoms with Gasteiger partial charge in [-0.3, -0.25) is 4.79 Å². The highest BCUT2D eigenvalue weighted by Gasteiger charge is 2.27. The van der Waals surface area contributed by atoms with Gasteiger partial charge in [0.2, 0.25) is 5.91 Å². The fourth-order valence-corrected chi connectivity index (χ4v) is 2.58. The summed E-state index contributed by atoms with van der Waals surface area (Å²) in [7, 11) is 1.70. The number of rotatable bonds is 7. The molecule has 5 heteroatoms. The Hall–Kier alpha value is -1.59. The van der Waals surface area contributed by atoms with Gasteiger partial charge in [0, 0.05) is 39.0 Å². The van der Waals surface area contributed by atoms with Crippen molar-refractivity contribution in [2.75, 3.05) is 38.3 Å². The van der Waals surface area contributed by atoms with E-state index in [4.69, 9.17) is 10.5 Å². The molecule has 0 aliphatic carbocycles. The Morgan fingerprint density at radius 2 is 2.30 bits per heavy atom. The van der Waals surface area contributed by atoms with E-state index in [0.717, 1.165) is 32.6 Å². The van der Waals surface area contributed by atoms with Crippen LogP contribution in [0.15, 0.2) is 24.3 Å². The minimum atomic E-state index is -0.191. The number of primary amides is 1. The molecule has 1 aliphatic heterocycles.